The minimum absolute atomic E-state index is 0.0177. The number of β-amino-alcohol motifs (C(OH)–C–C–N with tert-alkyl or cyclic N) is 1. The maximum atomic E-state index is 14.6. The molecule has 1 heterocycles. The van der Waals surface area contributed by atoms with Crippen molar-refractivity contribution >= 4 is 17.3 Å². The monoisotopic (exact) mass is 501 g/mol. The molecule has 192 valence electrons. The molecular weight excluding hydrogens is 471 g/mol. The van der Waals surface area contributed by atoms with Crippen molar-refractivity contribution in [3.63, 3.8) is 0 Å². The number of nitrogens with one attached hydrogen (secondary N) is 2. The van der Waals surface area contributed by atoms with Gasteiger partial charge >= 0.3 is 0 Å². The molecule has 6 nitrogen and oxygen atoms in total. The normalized spacial score (nSPS) is 13.9. The van der Waals surface area contributed by atoms with Crippen LogP contribution in [-0.2, 0) is 6.54 Å². The molecule has 3 aromatic rings. The lowest BCUT2D eigenvalue weighted by Gasteiger charge is -2.46. The highest BCUT2D eigenvalue weighted by atomic mass is 19.2. The zero-order valence-electron chi connectivity index (χ0n) is 20.4. The number of anilines is 2. The van der Waals surface area contributed by atoms with Gasteiger partial charge in [-0.1, -0.05) is 32.0 Å². The molecule has 1 aliphatic heterocycles. The zero-order valence-corrected chi connectivity index (χ0v) is 20.4. The van der Waals surface area contributed by atoms with Gasteiger partial charge in [-0.3, -0.25) is 4.79 Å². The Balaban J connectivity index is 0.00000176. The summed E-state index contributed by atoms with van der Waals surface area (Å²) in [4.78, 5) is 14.3. The van der Waals surface area contributed by atoms with E-state index in [4.69, 9.17) is 0 Å². The second kappa shape index (κ2) is 11.5. The summed E-state index contributed by atoms with van der Waals surface area (Å²) in [6, 6.07) is 12.9. The smallest absolute Gasteiger partial charge is 0.256 e. The highest BCUT2D eigenvalue weighted by molar-refractivity contribution is 6.01. The van der Waals surface area contributed by atoms with E-state index in [1.807, 2.05) is 19.9 Å². The van der Waals surface area contributed by atoms with Gasteiger partial charge in [0.05, 0.1) is 30.0 Å². The molecule has 1 saturated heterocycles. The Labute approximate surface area is 208 Å². The summed E-state index contributed by atoms with van der Waals surface area (Å²) >= 11 is 0. The number of nitrogens with zero attached hydrogens (tertiary/aromatic N) is 1. The molecule has 0 aliphatic carbocycles. The molecule has 0 atom stereocenters. The first kappa shape index (κ1) is 27.0. The van der Waals surface area contributed by atoms with Crippen LogP contribution in [0.15, 0.2) is 54.6 Å². The van der Waals surface area contributed by atoms with Crippen LogP contribution in [0.1, 0.15) is 35.3 Å². The van der Waals surface area contributed by atoms with Crippen LogP contribution in [0.2, 0.25) is 0 Å². The van der Waals surface area contributed by atoms with E-state index in [1.165, 1.54) is 17.0 Å². The van der Waals surface area contributed by atoms with E-state index in [1.54, 1.807) is 31.2 Å². The summed E-state index contributed by atoms with van der Waals surface area (Å²) in [7, 11) is 0. The van der Waals surface area contributed by atoms with E-state index in [2.05, 4.69) is 10.6 Å². The molecule has 3 aromatic carbocycles. The van der Waals surface area contributed by atoms with Gasteiger partial charge in [-0.25, -0.2) is 13.2 Å². The predicted octanol–water partition coefficient (Wildman–Crippen LogP) is 4.86. The number of carbonyl (C=O) groups excluding carboxylic acids is 1. The highest BCUT2D eigenvalue weighted by Gasteiger charge is 2.44. The Kier molecular flexibility index (Phi) is 8.60. The van der Waals surface area contributed by atoms with E-state index in [0.29, 0.717) is 12.1 Å². The molecule has 1 fully saturated rings. The van der Waals surface area contributed by atoms with Gasteiger partial charge in [0.25, 0.3) is 5.91 Å². The fourth-order valence-electron chi connectivity index (χ4n) is 3.90. The first-order valence-corrected chi connectivity index (χ1v) is 11.7. The molecule has 9 heteroatoms. The second-order valence-electron chi connectivity index (χ2n) is 8.55. The quantitative estimate of drug-likeness (QED) is 0.372. The lowest BCUT2D eigenvalue weighted by atomic mass is 9.92. The summed E-state index contributed by atoms with van der Waals surface area (Å²) in [5.41, 5.74) is -0.450. The van der Waals surface area contributed by atoms with Crippen molar-refractivity contribution in [2.75, 3.05) is 25.0 Å². The van der Waals surface area contributed by atoms with Crippen LogP contribution < -0.4 is 10.6 Å². The summed E-state index contributed by atoms with van der Waals surface area (Å²) in [6.07, 6.45) is 0. The number of halogens is 3. The molecule has 36 heavy (non-hydrogen) atoms. The van der Waals surface area contributed by atoms with Crippen molar-refractivity contribution in [2.24, 2.45) is 0 Å². The fraction of sp³-hybridized carbons (Fsp3) is 0.296. The number of phenolic OH excluding ortho intramolecular Hbond substituents is 1. The van der Waals surface area contributed by atoms with Crippen LogP contribution in [0.4, 0.5) is 24.5 Å². The van der Waals surface area contributed by atoms with Crippen LogP contribution in [0.3, 0.4) is 0 Å². The highest BCUT2D eigenvalue weighted by Crippen LogP contribution is 2.31. The van der Waals surface area contributed by atoms with E-state index in [9.17, 15) is 28.2 Å². The average Bonchev–Trinajstić information content (AvgIpc) is 2.83. The van der Waals surface area contributed by atoms with Gasteiger partial charge < -0.3 is 25.7 Å². The number of benzene rings is 3. The van der Waals surface area contributed by atoms with Crippen molar-refractivity contribution in [1.82, 2.24) is 10.2 Å². The maximum absolute atomic E-state index is 14.6. The van der Waals surface area contributed by atoms with Crippen molar-refractivity contribution in [1.29, 1.82) is 0 Å². The van der Waals surface area contributed by atoms with Crippen molar-refractivity contribution in [2.45, 2.75) is 32.9 Å². The standard InChI is InChI=1S/C25H24F3N3O3.C2H6/c1-15-5-8-21(20(27)9-15)30-23-18(6-7-19(26)22(23)28)24(33)31-13-25(34,14-31)12-29-11-16-3-2-4-17(32)10-16;1-2/h2-10,29-30,32,34H,11-14H2,1H3;1-2H3. The van der Waals surface area contributed by atoms with Crippen LogP contribution in [0.5, 0.6) is 5.75 Å². The van der Waals surface area contributed by atoms with Gasteiger partial charge in [0.15, 0.2) is 11.6 Å². The molecule has 0 radical (unpaired) electrons. The first-order chi connectivity index (χ1) is 17.1. The zero-order chi connectivity index (χ0) is 26.5. The second-order valence-corrected chi connectivity index (χ2v) is 8.55. The van der Waals surface area contributed by atoms with Gasteiger partial charge in [-0.05, 0) is 54.4 Å². The molecule has 0 spiro atoms. The van der Waals surface area contributed by atoms with E-state index < -0.39 is 34.6 Å². The number of aryl methyl sites for hydroxylation is 1. The van der Waals surface area contributed by atoms with Gasteiger partial charge in [0.2, 0.25) is 0 Å². The van der Waals surface area contributed by atoms with Gasteiger partial charge in [0.1, 0.15) is 17.2 Å². The Morgan fingerprint density at radius 2 is 1.75 bits per heavy atom. The molecule has 0 bridgehead atoms. The molecule has 1 amide bonds. The van der Waals surface area contributed by atoms with Gasteiger partial charge in [-0.15, -0.1) is 0 Å². The van der Waals surface area contributed by atoms with Crippen molar-refractivity contribution in [3.8, 4) is 5.75 Å². The molecule has 4 rings (SSSR count). The van der Waals surface area contributed by atoms with Crippen molar-refractivity contribution in [3.05, 3.63) is 88.7 Å². The number of rotatable bonds is 7. The molecular formula is C27H30F3N3O3. The number of amides is 1. The third-order valence-corrected chi connectivity index (χ3v) is 5.66. The number of carbonyl (C=O) groups is 1. The van der Waals surface area contributed by atoms with Crippen LogP contribution >= 0.6 is 0 Å². The Morgan fingerprint density at radius 3 is 2.42 bits per heavy atom. The number of hydrogen-bond acceptors (Lipinski definition) is 5. The number of phenols is 1. The average molecular weight is 502 g/mol. The Morgan fingerprint density at radius 1 is 1.03 bits per heavy atom. The minimum Gasteiger partial charge on any atom is -0.508 e. The van der Waals surface area contributed by atoms with E-state index in [0.717, 1.165) is 17.7 Å². The minimum atomic E-state index is -1.30. The maximum Gasteiger partial charge on any atom is 0.256 e. The van der Waals surface area contributed by atoms with Crippen LogP contribution in [-0.4, -0.2) is 46.3 Å². The van der Waals surface area contributed by atoms with Crippen molar-refractivity contribution < 1.29 is 28.2 Å². The lowest BCUT2D eigenvalue weighted by molar-refractivity contribution is -0.0787. The van der Waals surface area contributed by atoms with E-state index in [-0.39, 0.29) is 36.6 Å². The number of aromatic hydroxyl groups is 1. The summed E-state index contributed by atoms with van der Waals surface area (Å²) in [5.74, 6) is -3.62. The molecule has 0 saturated carbocycles. The first-order valence-electron chi connectivity index (χ1n) is 11.7. The summed E-state index contributed by atoms with van der Waals surface area (Å²) in [5, 5.41) is 25.8. The molecule has 0 unspecified atom stereocenters. The Bertz CT molecular complexity index is 1230. The third kappa shape index (κ3) is 6.16. The number of hydrogen-bond donors (Lipinski definition) is 4. The van der Waals surface area contributed by atoms with Crippen LogP contribution in [0.25, 0.3) is 0 Å². The largest absolute Gasteiger partial charge is 0.508 e. The number of likely N-dealkylation sites (tertiary alicyclic amines) is 1. The van der Waals surface area contributed by atoms with Gasteiger partial charge in [-0.2, -0.15) is 0 Å². The van der Waals surface area contributed by atoms with E-state index >= 15 is 0 Å². The van der Waals surface area contributed by atoms with Gasteiger partial charge in [0, 0.05) is 13.1 Å². The lowest BCUT2D eigenvalue weighted by Crippen LogP contribution is -2.67. The molecule has 4 N–H and O–H groups in total. The SMILES string of the molecule is CC.Cc1ccc(Nc2c(C(=O)N3CC(O)(CNCc4cccc(O)c4)C3)ccc(F)c2F)c(F)c1. The topological polar surface area (TPSA) is 84.8 Å². The third-order valence-electron chi connectivity index (χ3n) is 5.66. The predicted molar refractivity (Wildman–Crippen MR) is 133 cm³/mol. The van der Waals surface area contributed by atoms with Crippen LogP contribution in [0, 0.1) is 24.4 Å². The molecule has 1 aliphatic rings. The summed E-state index contributed by atoms with van der Waals surface area (Å²) < 4.78 is 42.8. The summed E-state index contributed by atoms with van der Waals surface area (Å²) in [6.45, 7) is 6.24. The Hall–Kier alpha value is -3.56. The fourth-order valence-corrected chi connectivity index (χ4v) is 3.90. The number of aliphatic hydroxyl groups is 1. The molecule has 0 aromatic heterocycles.